The number of benzene rings is 1. The highest BCUT2D eigenvalue weighted by Crippen LogP contribution is 2.30. The molecular formula is C18H17FN4O3. The molecular weight excluding hydrogens is 339 g/mol. The van der Waals surface area contributed by atoms with Crippen molar-refractivity contribution in [2.45, 2.75) is 25.7 Å². The Morgan fingerprint density at radius 1 is 1.19 bits per heavy atom. The van der Waals surface area contributed by atoms with E-state index in [9.17, 15) is 9.18 Å². The van der Waals surface area contributed by atoms with Gasteiger partial charge < -0.3 is 13.7 Å². The molecule has 0 saturated carbocycles. The minimum Gasteiger partial charge on any atom is -0.448 e. The Bertz CT molecular complexity index is 911. The van der Waals surface area contributed by atoms with E-state index in [1.807, 2.05) is 0 Å². The molecule has 8 heteroatoms. The second-order valence-corrected chi connectivity index (χ2v) is 6.28. The number of aryl methyl sites for hydroxylation is 1. The molecule has 0 spiro atoms. The summed E-state index contributed by atoms with van der Waals surface area (Å²) in [6, 6.07) is 5.92. The number of nitrogens with zero attached hydrogens (tertiary/aromatic N) is 4. The highest BCUT2D eigenvalue weighted by atomic mass is 19.1. The van der Waals surface area contributed by atoms with E-state index in [1.54, 1.807) is 24.0 Å². The van der Waals surface area contributed by atoms with Crippen LogP contribution in [0.5, 0.6) is 0 Å². The van der Waals surface area contributed by atoms with Gasteiger partial charge in [-0.2, -0.15) is 0 Å². The van der Waals surface area contributed by atoms with Crippen molar-refractivity contribution in [1.82, 2.24) is 20.1 Å². The van der Waals surface area contributed by atoms with Gasteiger partial charge >= 0.3 is 0 Å². The summed E-state index contributed by atoms with van der Waals surface area (Å²) in [5.41, 5.74) is 1.04. The van der Waals surface area contributed by atoms with E-state index in [1.165, 1.54) is 18.5 Å². The molecule has 0 radical (unpaired) electrons. The Labute approximate surface area is 148 Å². The molecule has 0 N–H and O–H groups in total. The van der Waals surface area contributed by atoms with Gasteiger partial charge in [-0.05, 0) is 44.0 Å². The molecule has 3 heterocycles. The lowest BCUT2D eigenvalue weighted by atomic mass is 9.96. The number of rotatable bonds is 3. The first-order chi connectivity index (χ1) is 12.6. The largest absolute Gasteiger partial charge is 0.448 e. The van der Waals surface area contributed by atoms with Crippen LogP contribution in [-0.4, -0.2) is 39.1 Å². The van der Waals surface area contributed by atoms with E-state index in [-0.39, 0.29) is 17.6 Å². The summed E-state index contributed by atoms with van der Waals surface area (Å²) in [6.45, 7) is 2.90. The number of hydrogen-bond acceptors (Lipinski definition) is 6. The van der Waals surface area contributed by atoms with E-state index in [0.717, 1.165) is 12.8 Å². The van der Waals surface area contributed by atoms with Crippen molar-refractivity contribution in [3.05, 3.63) is 53.8 Å². The van der Waals surface area contributed by atoms with Gasteiger partial charge in [0.15, 0.2) is 12.1 Å². The zero-order chi connectivity index (χ0) is 18.1. The van der Waals surface area contributed by atoms with Crippen LogP contribution in [0.15, 0.2) is 39.5 Å². The topological polar surface area (TPSA) is 85.3 Å². The van der Waals surface area contributed by atoms with Gasteiger partial charge in [-0.1, -0.05) is 0 Å². The molecule has 3 aromatic rings. The fourth-order valence-corrected chi connectivity index (χ4v) is 3.10. The number of carbonyl (C=O) groups excluding carboxylic acids is 1. The molecule has 0 bridgehead atoms. The Morgan fingerprint density at radius 2 is 1.92 bits per heavy atom. The Hall–Kier alpha value is -3.03. The maximum atomic E-state index is 13.0. The SMILES string of the molecule is Cc1ocnc1C(=O)N1CCC(c2nnc(-c3ccc(F)cc3)o2)CC1. The molecule has 1 saturated heterocycles. The van der Waals surface area contributed by atoms with E-state index in [2.05, 4.69) is 15.2 Å². The Kier molecular flexibility index (Phi) is 4.24. The molecule has 0 atom stereocenters. The summed E-state index contributed by atoms with van der Waals surface area (Å²) >= 11 is 0. The molecule has 1 aliphatic heterocycles. The first-order valence-corrected chi connectivity index (χ1v) is 8.40. The van der Waals surface area contributed by atoms with Crippen LogP contribution in [0.4, 0.5) is 4.39 Å². The average Bonchev–Trinajstić information content (AvgIpc) is 3.31. The standard InChI is InChI=1S/C18H17FN4O3/c1-11-15(20-10-25-11)18(24)23-8-6-13(7-9-23)17-22-21-16(26-17)12-2-4-14(19)5-3-12/h2-5,10,13H,6-9H2,1H3. The normalized spacial score (nSPS) is 15.4. The third-order valence-electron chi connectivity index (χ3n) is 4.61. The summed E-state index contributed by atoms with van der Waals surface area (Å²) in [5, 5.41) is 8.19. The van der Waals surface area contributed by atoms with Crippen molar-refractivity contribution in [2.75, 3.05) is 13.1 Å². The molecule has 7 nitrogen and oxygen atoms in total. The molecule has 1 aromatic carbocycles. The van der Waals surface area contributed by atoms with Crippen LogP contribution in [-0.2, 0) is 0 Å². The lowest BCUT2D eigenvalue weighted by Crippen LogP contribution is -2.38. The van der Waals surface area contributed by atoms with Gasteiger partial charge in [0.2, 0.25) is 11.8 Å². The van der Waals surface area contributed by atoms with Crippen molar-refractivity contribution < 1.29 is 18.0 Å². The second kappa shape index (κ2) is 6.70. The van der Waals surface area contributed by atoms with Crippen LogP contribution in [0, 0.1) is 12.7 Å². The fraction of sp³-hybridized carbons (Fsp3) is 0.333. The molecule has 1 fully saturated rings. The maximum Gasteiger partial charge on any atom is 0.276 e. The molecule has 0 unspecified atom stereocenters. The first kappa shape index (κ1) is 16.4. The summed E-state index contributed by atoms with van der Waals surface area (Å²) in [6.07, 6.45) is 2.74. The van der Waals surface area contributed by atoms with Crippen molar-refractivity contribution in [3.63, 3.8) is 0 Å². The van der Waals surface area contributed by atoms with Crippen LogP contribution < -0.4 is 0 Å². The molecule has 4 rings (SSSR count). The summed E-state index contributed by atoms with van der Waals surface area (Å²) < 4.78 is 23.9. The van der Waals surface area contributed by atoms with E-state index in [0.29, 0.717) is 41.9 Å². The lowest BCUT2D eigenvalue weighted by Gasteiger charge is -2.29. The fourth-order valence-electron chi connectivity index (χ4n) is 3.10. The van der Waals surface area contributed by atoms with Crippen molar-refractivity contribution in [2.24, 2.45) is 0 Å². The van der Waals surface area contributed by atoms with E-state index >= 15 is 0 Å². The number of amides is 1. The van der Waals surface area contributed by atoms with Gasteiger partial charge in [0.05, 0.1) is 0 Å². The number of oxazole rings is 1. The van der Waals surface area contributed by atoms with Crippen molar-refractivity contribution >= 4 is 5.91 Å². The summed E-state index contributed by atoms with van der Waals surface area (Å²) in [5.74, 6) is 1.11. The Balaban J connectivity index is 1.41. The number of carbonyl (C=O) groups is 1. The van der Waals surface area contributed by atoms with E-state index < -0.39 is 0 Å². The third-order valence-corrected chi connectivity index (χ3v) is 4.61. The minimum absolute atomic E-state index is 0.0964. The number of piperidine rings is 1. The van der Waals surface area contributed by atoms with Gasteiger partial charge in [-0.15, -0.1) is 10.2 Å². The van der Waals surface area contributed by atoms with E-state index in [4.69, 9.17) is 8.83 Å². The molecule has 1 aliphatic rings. The maximum absolute atomic E-state index is 13.0. The molecule has 0 aliphatic carbocycles. The van der Waals surface area contributed by atoms with Gasteiger partial charge in [-0.3, -0.25) is 4.79 Å². The van der Waals surface area contributed by atoms with Gasteiger partial charge in [0.25, 0.3) is 5.91 Å². The third kappa shape index (κ3) is 3.10. The lowest BCUT2D eigenvalue weighted by molar-refractivity contribution is 0.0699. The number of aromatic nitrogens is 3. The van der Waals surface area contributed by atoms with Gasteiger partial charge in [-0.25, -0.2) is 9.37 Å². The average molecular weight is 356 g/mol. The predicted octanol–water partition coefficient (Wildman–Crippen LogP) is 3.19. The molecule has 134 valence electrons. The second-order valence-electron chi connectivity index (χ2n) is 6.28. The van der Waals surface area contributed by atoms with Crippen LogP contribution in [0.25, 0.3) is 11.5 Å². The van der Waals surface area contributed by atoms with Crippen LogP contribution in [0.1, 0.15) is 40.9 Å². The molecule has 1 amide bonds. The van der Waals surface area contributed by atoms with Crippen LogP contribution in [0.2, 0.25) is 0 Å². The number of hydrogen-bond donors (Lipinski definition) is 0. The highest BCUT2D eigenvalue weighted by molar-refractivity contribution is 5.93. The summed E-state index contributed by atoms with van der Waals surface area (Å²) in [7, 11) is 0. The van der Waals surface area contributed by atoms with Crippen LogP contribution in [0.3, 0.4) is 0 Å². The van der Waals surface area contributed by atoms with Gasteiger partial charge in [0.1, 0.15) is 11.6 Å². The minimum atomic E-state index is -0.312. The highest BCUT2D eigenvalue weighted by Gasteiger charge is 2.29. The van der Waals surface area contributed by atoms with Crippen molar-refractivity contribution in [3.8, 4) is 11.5 Å². The summed E-state index contributed by atoms with van der Waals surface area (Å²) in [4.78, 5) is 18.2. The monoisotopic (exact) mass is 356 g/mol. The van der Waals surface area contributed by atoms with Gasteiger partial charge in [0, 0.05) is 24.6 Å². The zero-order valence-corrected chi connectivity index (χ0v) is 14.2. The first-order valence-electron chi connectivity index (χ1n) is 8.40. The smallest absolute Gasteiger partial charge is 0.276 e. The van der Waals surface area contributed by atoms with Crippen molar-refractivity contribution in [1.29, 1.82) is 0 Å². The molecule has 2 aromatic heterocycles. The predicted molar refractivity (Wildman–Crippen MR) is 88.8 cm³/mol. The van der Waals surface area contributed by atoms with Crippen LogP contribution >= 0.6 is 0 Å². The number of halogens is 1. The number of likely N-dealkylation sites (tertiary alicyclic amines) is 1. The zero-order valence-electron chi connectivity index (χ0n) is 14.2. The quantitative estimate of drug-likeness (QED) is 0.716. The molecule has 26 heavy (non-hydrogen) atoms. The Morgan fingerprint density at radius 3 is 2.58 bits per heavy atom.